The SMILES string of the molecule is N#Cc1ccc(CNC(=O)CC2c3ccccc3-c3cncn32)cc1. The zero-order valence-electron chi connectivity index (χ0n) is 13.5. The summed E-state index contributed by atoms with van der Waals surface area (Å²) >= 11 is 0. The number of nitriles is 1. The van der Waals surface area contributed by atoms with Gasteiger partial charge in [0.05, 0.1) is 42.3 Å². The number of carbonyl (C=O) groups excluding carboxylic acids is 1. The summed E-state index contributed by atoms with van der Waals surface area (Å²) in [6, 6.07) is 17.4. The minimum Gasteiger partial charge on any atom is -0.352 e. The number of rotatable bonds is 4. The normalized spacial score (nSPS) is 14.4. The lowest BCUT2D eigenvalue weighted by molar-refractivity contribution is -0.121. The van der Waals surface area contributed by atoms with Gasteiger partial charge in [-0.25, -0.2) is 4.98 Å². The number of hydrogen-bond donors (Lipinski definition) is 1. The van der Waals surface area contributed by atoms with Crippen LogP contribution in [0.25, 0.3) is 11.3 Å². The molecule has 3 aromatic rings. The van der Waals surface area contributed by atoms with Gasteiger partial charge in [-0.2, -0.15) is 5.26 Å². The van der Waals surface area contributed by atoms with Crippen LogP contribution >= 0.6 is 0 Å². The summed E-state index contributed by atoms with van der Waals surface area (Å²) in [6.45, 7) is 0.454. The van der Waals surface area contributed by atoms with Crippen molar-refractivity contribution in [2.24, 2.45) is 0 Å². The molecule has 2 aromatic carbocycles. The highest BCUT2D eigenvalue weighted by Gasteiger charge is 2.29. The van der Waals surface area contributed by atoms with Gasteiger partial charge >= 0.3 is 0 Å². The molecule has 0 spiro atoms. The number of carbonyl (C=O) groups is 1. The average molecular weight is 328 g/mol. The minimum absolute atomic E-state index is 0.00860. The third kappa shape index (κ3) is 2.79. The molecule has 2 heterocycles. The molecule has 1 unspecified atom stereocenters. The number of nitrogens with one attached hydrogen (secondary N) is 1. The molecule has 0 radical (unpaired) electrons. The Morgan fingerprint density at radius 3 is 2.80 bits per heavy atom. The number of fused-ring (bicyclic) bond motifs is 3. The maximum Gasteiger partial charge on any atom is 0.222 e. The fourth-order valence-corrected chi connectivity index (χ4v) is 3.29. The molecule has 0 aliphatic carbocycles. The summed E-state index contributed by atoms with van der Waals surface area (Å²) in [5, 5.41) is 11.8. The molecule has 1 aromatic heterocycles. The molecule has 122 valence electrons. The van der Waals surface area contributed by atoms with Crippen LogP contribution in [0.1, 0.15) is 29.2 Å². The predicted octanol–water partition coefficient (Wildman–Crippen LogP) is 3.03. The molecule has 0 saturated heterocycles. The number of aromatic nitrogens is 2. The standard InChI is InChI=1S/C20H16N4O/c21-10-14-5-7-15(8-6-14)11-23-20(25)9-18-16-3-1-2-4-17(16)19-12-22-13-24(18)19/h1-8,12-13,18H,9,11H2,(H,23,25). The van der Waals surface area contributed by atoms with E-state index in [2.05, 4.69) is 33.1 Å². The van der Waals surface area contributed by atoms with Crippen molar-refractivity contribution in [3.05, 3.63) is 77.7 Å². The first kappa shape index (κ1) is 15.2. The van der Waals surface area contributed by atoms with Crippen LogP contribution in [0.4, 0.5) is 0 Å². The number of imidazole rings is 1. The molecule has 0 saturated carbocycles. The van der Waals surface area contributed by atoms with Crippen molar-refractivity contribution in [2.75, 3.05) is 0 Å². The first-order chi connectivity index (χ1) is 12.3. The quantitative estimate of drug-likeness (QED) is 0.800. The van der Waals surface area contributed by atoms with Gasteiger partial charge < -0.3 is 9.88 Å². The summed E-state index contributed by atoms with van der Waals surface area (Å²) in [6.07, 6.45) is 4.00. The van der Waals surface area contributed by atoms with Crippen LogP contribution in [0.5, 0.6) is 0 Å². The van der Waals surface area contributed by atoms with Crippen molar-refractivity contribution in [2.45, 2.75) is 19.0 Å². The van der Waals surface area contributed by atoms with Crippen LogP contribution < -0.4 is 5.32 Å². The Labute approximate surface area is 145 Å². The van der Waals surface area contributed by atoms with Crippen molar-refractivity contribution >= 4 is 5.91 Å². The van der Waals surface area contributed by atoms with Crippen molar-refractivity contribution in [3.63, 3.8) is 0 Å². The monoisotopic (exact) mass is 328 g/mol. The van der Waals surface area contributed by atoms with E-state index in [1.165, 1.54) is 0 Å². The van der Waals surface area contributed by atoms with Crippen molar-refractivity contribution in [3.8, 4) is 17.3 Å². The predicted molar refractivity (Wildman–Crippen MR) is 93.4 cm³/mol. The van der Waals surface area contributed by atoms with E-state index < -0.39 is 0 Å². The number of amides is 1. The lowest BCUT2D eigenvalue weighted by Gasteiger charge is -2.14. The van der Waals surface area contributed by atoms with Crippen LogP contribution in [0.15, 0.2) is 61.1 Å². The molecule has 25 heavy (non-hydrogen) atoms. The Morgan fingerprint density at radius 1 is 1.20 bits per heavy atom. The second-order valence-electron chi connectivity index (χ2n) is 6.08. The fraction of sp³-hybridized carbons (Fsp3) is 0.150. The van der Waals surface area contributed by atoms with E-state index >= 15 is 0 Å². The topological polar surface area (TPSA) is 70.7 Å². The summed E-state index contributed by atoms with van der Waals surface area (Å²) in [7, 11) is 0. The molecule has 1 atom stereocenters. The molecule has 1 N–H and O–H groups in total. The van der Waals surface area contributed by atoms with Crippen molar-refractivity contribution in [1.29, 1.82) is 5.26 Å². The van der Waals surface area contributed by atoms with Gasteiger partial charge in [-0.05, 0) is 23.3 Å². The van der Waals surface area contributed by atoms with Gasteiger partial charge in [0.15, 0.2) is 0 Å². The van der Waals surface area contributed by atoms with Crippen molar-refractivity contribution < 1.29 is 4.79 Å². The Hall–Kier alpha value is -3.39. The third-order valence-corrected chi connectivity index (χ3v) is 4.55. The maximum atomic E-state index is 12.4. The van der Waals surface area contributed by atoms with E-state index in [4.69, 9.17) is 5.26 Å². The van der Waals surface area contributed by atoms with Crippen LogP contribution in [-0.2, 0) is 11.3 Å². The molecule has 0 fully saturated rings. The minimum atomic E-state index is -0.0188. The Morgan fingerprint density at radius 2 is 2.00 bits per heavy atom. The zero-order chi connectivity index (χ0) is 17.2. The number of hydrogen-bond acceptors (Lipinski definition) is 3. The number of nitrogens with zero attached hydrogens (tertiary/aromatic N) is 3. The van der Waals surface area contributed by atoms with Crippen LogP contribution in [0, 0.1) is 11.3 Å². The Balaban J connectivity index is 1.45. The van der Waals surface area contributed by atoms with E-state index in [0.29, 0.717) is 18.5 Å². The van der Waals surface area contributed by atoms with E-state index in [1.807, 2.05) is 30.5 Å². The van der Waals surface area contributed by atoms with Gasteiger partial charge in [0, 0.05) is 12.1 Å². The maximum absolute atomic E-state index is 12.4. The van der Waals surface area contributed by atoms with E-state index in [-0.39, 0.29) is 11.9 Å². The molecule has 1 aliphatic rings. The first-order valence-corrected chi connectivity index (χ1v) is 8.13. The summed E-state index contributed by atoms with van der Waals surface area (Å²) in [4.78, 5) is 16.7. The molecule has 5 nitrogen and oxygen atoms in total. The van der Waals surface area contributed by atoms with Gasteiger partial charge in [0.2, 0.25) is 5.91 Å². The van der Waals surface area contributed by atoms with Crippen molar-refractivity contribution in [1.82, 2.24) is 14.9 Å². The lowest BCUT2D eigenvalue weighted by atomic mass is 10.0. The average Bonchev–Trinajstić information content (AvgIpc) is 3.23. The molecule has 1 amide bonds. The van der Waals surface area contributed by atoms with Crippen LogP contribution in [0.2, 0.25) is 0 Å². The Kier molecular flexibility index (Phi) is 3.79. The van der Waals surface area contributed by atoms with Crippen LogP contribution in [0.3, 0.4) is 0 Å². The zero-order valence-corrected chi connectivity index (χ0v) is 13.5. The van der Waals surface area contributed by atoms with Crippen LogP contribution in [-0.4, -0.2) is 15.5 Å². The summed E-state index contributed by atoms with van der Waals surface area (Å²) in [5.74, 6) is -0.00860. The molecule has 4 rings (SSSR count). The highest BCUT2D eigenvalue weighted by Crippen LogP contribution is 2.40. The second-order valence-corrected chi connectivity index (χ2v) is 6.08. The number of benzene rings is 2. The summed E-state index contributed by atoms with van der Waals surface area (Å²) in [5.41, 5.74) is 4.95. The van der Waals surface area contributed by atoms with Gasteiger partial charge in [-0.3, -0.25) is 4.79 Å². The molecular weight excluding hydrogens is 312 g/mol. The van der Waals surface area contributed by atoms with Gasteiger partial charge in [0.1, 0.15) is 0 Å². The van der Waals surface area contributed by atoms with E-state index in [0.717, 1.165) is 22.4 Å². The lowest BCUT2D eigenvalue weighted by Crippen LogP contribution is -2.25. The third-order valence-electron chi connectivity index (χ3n) is 4.55. The second kappa shape index (κ2) is 6.25. The Bertz CT molecular complexity index is 966. The van der Waals surface area contributed by atoms with Gasteiger partial charge in [-0.1, -0.05) is 36.4 Å². The highest BCUT2D eigenvalue weighted by molar-refractivity contribution is 5.79. The first-order valence-electron chi connectivity index (χ1n) is 8.13. The molecule has 5 heteroatoms. The smallest absolute Gasteiger partial charge is 0.222 e. The molecule has 1 aliphatic heterocycles. The van der Waals surface area contributed by atoms with Gasteiger partial charge in [0.25, 0.3) is 0 Å². The van der Waals surface area contributed by atoms with E-state index in [1.54, 1.807) is 18.5 Å². The van der Waals surface area contributed by atoms with E-state index in [9.17, 15) is 4.79 Å². The summed E-state index contributed by atoms with van der Waals surface area (Å²) < 4.78 is 2.06. The molecule has 0 bridgehead atoms. The van der Waals surface area contributed by atoms with Gasteiger partial charge in [-0.15, -0.1) is 0 Å². The largest absolute Gasteiger partial charge is 0.352 e. The fourth-order valence-electron chi connectivity index (χ4n) is 3.29. The molecular formula is C20H16N4O. The highest BCUT2D eigenvalue weighted by atomic mass is 16.1.